The van der Waals surface area contributed by atoms with Crippen LogP contribution >= 0.6 is 0 Å². The molecule has 5 heteroatoms. The fourth-order valence-corrected chi connectivity index (χ4v) is 2.37. The second kappa shape index (κ2) is 6.66. The molecule has 3 rings (SSSR count). The van der Waals surface area contributed by atoms with E-state index in [9.17, 15) is 4.79 Å². The molecule has 122 valence electrons. The molecule has 0 aliphatic rings. The van der Waals surface area contributed by atoms with Gasteiger partial charge in [0.25, 0.3) is 5.91 Å². The lowest BCUT2D eigenvalue weighted by molar-refractivity contribution is 0.0933. The number of fused-ring (bicyclic) bond motifs is 1. The summed E-state index contributed by atoms with van der Waals surface area (Å²) < 4.78 is 0. The zero-order chi connectivity index (χ0) is 17.1. The molecule has 1 aromatic heterocycles. The molecule has 2 N–H and O–H groups in total. The van der Waals surface area contributed by atoms with Crippen molar-refractivity contribution in [1.29, 1.82) is 0 Å². The molecule has 2 aromatic carbocycles. The third-order valence-corrected chi connectivity index (χ3v) is 3.54. The van der Waals surface area contributed by atoms with E-state index in [1.54, 1.807) is 0 Å². The van der Waals surface area contributed by atoms with E-state index in [1.807, 2.05) is 69.3 Å². The Morgan fingerprint density at radius 3 is 2.42 bits per heavy atom. The van der Waals surface area contributed by atoms with Crippen molar-refractivity contribution < 1.29 is 4.79 Å². The van der Waals surface area contributed by atoms with Crippen LogP contribution in [0.25, 0.3) is 10.9 Å². The van der Waals surface area contributed by atoms with Gasteiger partial charge in [0.05, 0.1) is 5.52 Å². The molecule has 0 unspecified atom stereocenters. The summed E-state index contributed by atoms with van der Waals surface area (Å²) in [6.45, 7) is 5.85. The first-order valence-electron chi connectivity index (χ1n) is 7.94. The van der Waals surface area contributed by atoms with E-state index in [2.05, 4.69) is 20.6 Å². The maximum absolute atomic E-state index is 12.3. The molecule has 0 atom stereocenters. The summed E-state index contributed by atoms with van der Waals surface area (Å²) in [6, 6.07) is 15.7. The molecular weight excluding hydrogens is 300 g/mol. The SMILES string of the molecule is Cc1ccc(Nc2nc(C(=O)NC(C)C)nc3ccccc23)cc1. The number of carbonyl (C=O) groups is 1. The molecule has 0 saturated carbocycles. The fourth-order valence-electron chi connectivity index (χ4n) is 2.37. The molecule has 0 saturated heterocycles. The maximum Gasteiger partial charge on any atom is 0.289 e. The number of nitrogens with zero attached hydrogens (tertiary/aromatic N) is 2. The summed E-state index contributed by atoms with van der Waals surface area (Å²) in [4.78, 5) is 21.1. The van der Waals surface area contributed by atoms with E-state index in [1.165, 1.54) is 5.56 Å². The average molecular weight is 320 g/mol. The molecule has 1 heterocycles. The minimum Gasteiger partial charge on any atom is -0.347 e. The van der Waals surface area contributed by atoms with Crippen molar-refractivity contribution in [2.24, 2.45) is 0 Å². The molecule has 0 bridgehead atoms. The lowest BCUT2D eigenvalue weighted by atomic mass is 10.2. The standard InChI is InChI=1S/C19H20N4O/c1-12(2)20-19(24)18-22-16-7-5-4-6-15(16)17(23-18)21-14-10-8-13(3)9-11-14/h4-12H,1-3H3,(H,20,24)(H,21,22,23). The van der Waals surface area contributed by atoms with Gasteiger partial charge in [-0.05, 0) is 45.0 Å². The van der Waals surface area contributed by atoms with Gasteiger partial charge in [-0.25, -0.2) is 9.97 Å². The number of benzene rings is 2. The maximum atomic E-state index is 12.3. The highest BCUT2D eigenvalue weighted by molar-refractivity contribution is 5.97. The van der Waals surface area contributed by atoms with Crippen molar-refractivity contribution >= 4 is 28.3 Å². The van der Waals surface area contributed by atoms with E-state index >= 15 is 0 Å². The van der Waals surface area contributed by atoms with Gasteiger partial charge in [-0.2, -0.15) is 0 Å². The van der Waals surface area contributed by atoms with Crippen LogP contribution in [0, 0.1) is 6.92 Å². The van der Waals surface area contributed by atoms with Gasteiger partial charge in [0.15, 0.2) is 0 Å². The monoisotopic (exact) mass is 320 g/mol. The minimum atomic E-state index is -0.275. The van der Waals surface area contributed by atoms with Gasteiger partial charge in [0, 0.05) is 17.1 Å². The van der Waals surface area contributed by atoms with Crippen LogP contribution in [0.5, 0.6) is 0 Å². The van der Waals surface area contributed by atoms with Crippen LogP contribution in [0.4, 0.5) is 11.5 Å². The number of rotatable bonds is 4. The van der Waals surface area contributed by atoms with Crippen LogP contribution < -0.4 is 10.6 Å². The number of aromatic nitrogens is 2. The van der Waals surface area contributed by atoms with Crippen LogP contribution in [0.3, 0.4) is 0 Å². The van der Waals surface area contributed by atoms with Crippen molar-refractivity contribution in [3.63, 3.8) is 0 Å². The van der Waals surface area contributed by atoms with E-state index in [0.717, 1.165) is 16.6 Å². The Balaban J connectivity index is 2.04. The predicted molar refractivity (Wildman–Crippen MR) is 96.6 cm³/mol. The van der Waals surface area contributed by atoms with Crippen molar-refractivity contribution in [2.45, 2.75) is 26.8 Å². The smallest absolute Gasteiger partial charge is 0.289 e. The average Bonchev–Trinajstić information content (AvgIpc) is 2.56. The highest BCUT2D eigenvalue weighted by atomic mass is 16.2. The van der Waals surface area contributed by atoms with Gasteiger partial charge in [-0.15, -0.1) is 0 Å². The number of anilines is 2. The summed E-state index contributed by atoms with van der Waals surface area (Å²) in [7, 11) is 0. The predicted octanol–water partition coefficient (Wildman–Crippen LogP) is 3.82. The van der Waals surface area contributed by atoms with Crippen LogP contribution in [0.2, 0.25) is 0 Å². The lowest BCUT2D eigenvalue weighted by Gasteiger charge is -2.12. The summed E-state index contributed by atoms with van der Waals surface area (Å²) >= 11 is 0. The number of amides is 1. The molecule has 0 aliphatic heterocycles. The van der Waals surface area contributed by atoms with Crippen molar-refractivity contribution in [1.82, 2.24) is 15.3 Å². The molecule has 0 spiro atoms. The zero-order valence-electron chi connectivity index (χ0n) is 14.0. The van der Waals surface area contributed by atoms with E-state index in [4.69, 9.17) is 0 Å². The Bertz CT molecular complexity index is 872. The highest BCUT2D eigenvalue weighted by Crippen LogP contribution is 2.24. The summed E-state index contributed by atoms with van der Waals surface area (Å²) in [5.41, 5.74) is 2.83. The number of carbonyl (C=O) groups excluding carboxylic acids is 1. The molecule has 0 fully saturated rings. The van der Waals surface area contributed by atoms with Crippen LogP contribution in [0.15, 0.2) is 48.5 Å². The van der Waals surface area contributed by atoms with Gasteiger partial charge >= 0.3 is 0 Å². The topological polar surface area (TPSA) is 66.9 Å². The Kier molecular flexibility index (Phi) is 4.42. The first-order valence-corrected chi connectivity index (χ1v) is 7.94. The summed E-state index contributed by atoms with van der Waals surface area (Å²) in [6.07, 6.45) is 0. The number of hydrogen-bond acceptors (Lipinski definition) is 4. The second-order valence-electron chi connectivity index (χ2n) is 6.03. The Morgan fingerprint density at radius 1 is 1.00 bits per heavy atom. The lowest BCUT2D eigenvalue weighted by Crippen LogP contribution is -2.31. The van der Waals surface area contributed by atoms with Gasteiger partial charge in [-0.3, -0.25) is 4.79 Å². The molecule has 3 aromatic rings. The number of para-hydroxylation sites is 1. The van der Waals surface area contributed by atoms with E-state index < -0.39 is 0 Å². The molecule has 1 amide bonds. The third kappa shape index (κ3) is 3.51. The first-order chi connectivity index (χ1) is 11.5. The zero-order valence-corrected chi connectivity index (χ0v) is 14.0. The Labute approximate surface area is 141 Å². The molecule has 0 aliphatic carbocycles. The van der Waals surface area contributed by atoms with Crippen LogP contribution in [0.1, 0.15) is 30.0 Å². The number of hydrogen-bond donors (Lipinski definition) is 2. The fraction of sp³-hybridized carbons (Fsp3) is 0.211. The van der Waals surface area contributed by atoms with Crippen molar-refractivity contribution in [2.75, 3.05) is 5.32 Å². The summed E-state index contributed by atoms with van der Waals surface area (Å²) in [5.74, 6) is 0.512. The highest BCUT2D eigenvalue weighted by Gasteiger charge is 2.14. The Hall–Kier alpha value is -2.95. The third-order valence-electron chi connectivity index (χ3n) is 3.54. The number of nitrogens with one attached hydrogen (secondary N) is 2. The molecule has 24 heavy (non-hydrogen) atoms. The largest absolute Gasteiger partial charge is 0.347 e. The first kappa shape index (κ1) is 15.9. The number of aryl methyl sites for hydroxylation is 1. The minimum absolute atomic E-state index is 0.0288. The summed E-state index contributed by atoms with van der Waals surface area (Å²) in [5, 5.41) is 7.00. The normalized spacial score (nSPS) is 10.8. The quantitative estimate of drug-likeness (QED) is 0.767. The molecular formula is C19H20N4O. The molecule has 0 radical (unpaired) electrons. The van der Waals surface area contributed by atoms with Crippen LogP contribution in [-0.4, -0.2) is 21.9 Å². The second-order valence-corrected chi connectivity index (χ2v) is 6.03. The van der Waals surface area contributed by atoms with Gasteiger partial charge in [0.2, 0.25) is 5.82 Å². The Morgan fingerprint density at radius 2 is 1.71 bits per heavy atom. The van der Waals surface area contributed by atoms with Gasteiger partial charge in [0.1, 0.15) is 5.82 Å². The van der Waals surface area contributed by atoms with E-state index in [-0.39, 0.29) is 17.8 Å². The van der Waals surface area contributed by atoms with Crippen LogP contribution in [-0.2, 0) is 0 Å². The van der Waals surface area contributed by atoms with Crippen molar-refractivity contribution in [3.05, 3.63) is 59.9 Å². The van der Waals surface area contributed by atoms with Crippen molar-refractivity contribution in [3.8, 4) is 0 Å². The van der Waals surface area contributed by atoms with E-state index in [0.29, 0.717) is 5.82 Å². The molecule has 5 nitrogen and oxygen atoms in total. The van der Waals surface area contributed by atoms with Gasteiger partial charge in [-0.1, -0.05) is 29.8 Å². The van der Waals surface area contributed by atoms with Gasteiger partial charge < -0.3 is 10.6 Å².